The summed E-state index contributed by atoms with van der Waals surface area (Å²) in [5.74, 6) is 0.660. The topological polar surface area (TPSA) is 55.6 Å². The van der Waals surface area contributed by atoms with E-state index in [-0.39, 0.29) is 5.97 Å². The van der Waals surface area contributed by atoms with Crippen LogP contribution in [0.3, 0.4) is 0 Å². The molecule has 2 aliphatic rings. The van der Waals surface area contributed by atoms with Crippen LogP contribution in [-0.2, 0) is 9.53 Å². The second kappa shape index (κ2) is 6.23. The van der Waals surface area contributed by atoms with Crippen LogP contribution in [0, 0.1) is 5.92 Å². The SMILES string of the molecule is CCOC(=O)C1(N)CCC(N(CC)CC2CCC2)C1. The molecule has 2 rings (SSSR count). The Balaban J connectivity index is 1.89. The van der Waals surface area contributed by atoms with E-state index in [1.165, 1.54) is 25.8 Å². The maximum absolute atomic E-state index is 11.9. The molecule has 0 aromatic heterocycles. The molecule has 0 aliphatic heterocycles. The minimum absolute atomic E-state index is 0.211. The molecule has 2 saturated carbocycles. The molecular formula is C15H28N2O2. The first kappa shape index (κ1) is 14.8. The molecule has 110 valence electrons. The summed E-state index contributed by atoms with van der Waals surface area (Å²) in [7, 11) is 0. The Kier molecular flexibility index (Phi) is 4.85. The van der Waals surface area contributed by atoms with E-state index in [2.05, 4.69) is 11.8 Å². The predicted molar refractivity (Wildman–Crippen MR) is 75.8 cm³/mol. The van der Waals surface area contributed by atoms with Gasteiger partial charge < -0.3 is 15.4 Å². The van der Waals surface area contributed by atoms with Crippen molar-refractivity contribution in [2.75, 3.05) is 19.7 Å². The summed E-state index contributed by atoms with van der Waals surface area (Å²) < 4.78 is 5.12. The largest absolute Gasteiger partial charge is 0.465 e. The van der Waals surface area contributed by atoms with Gasteiger partial charge in [0.05, 0.1) is 6.61 Å². The third-order valence-electron chi connectivity index (χ3n) is 4.85. The number of rotatable bonds is 6. The zero-order valence-electron chi connectivity index (χ0n) is 12.4. The normalized spacial score (nSPS) is 31.5. The van der Waals surface area contributed by atoms with Crippen molar-refractivity contribution in [1.82, 2.24) is 4.90 Å². The van der Waals surface area contributed by atoms with E-state index in [4.69, 9.17) is 10.5 Å². The van der Waals surface area contributed by atoms with Crippen LogP contribution in [0.1, 0.15) is 52.4 Å². The van der Waals surface area contributed by atoms with E-state index >= 15 is 0 Å². The molecule has 2 N–H and O–H groups in total. The lowest BCUT2D eigenvalue weighted by Gasteiger charge is -2.35. The number of hydrogen-bond donors (Lipinski definition) is 1. The maximum Gasteiger partial charge on any atom is 0.326 e. The Morgan fingerprint density at radius 3 is 2.63 bits per heavy atom. The van der Waals surface area contributed by atoms with Crippen molar-refractivity contribution in [1.29, 1.82) is 0 Å². The summed E-state index contributed by atoms with van der Waals surface area (Å²) >= 11 is 0. The number of carbonyl (C=O) groups is 1. The molecule has 0 aromatic carbocycles. The Hall–Kier alpha value is -0.610. The minimum atomic E-state index is -0.742. The molecule has 4 heteroatoms. The quantitative estimate of drug-likeness (QED) is 0.748. The van der Waals surface area contributed by atoms with Crippen molar-refractivity contribution < 1.29 is 9.53 Å². The minimum Gasteiger partial charge on any atom is -0.465 e. The standard InChI is InChI=1S/C15H28N2O2/c1-3-17(11-12-6-5-7-12)13-8-9-15(16,10-13)14(18)19-4-2/h12-13H,3-11,16H2,1-2H3. The molecule has 0 heterocycles. The number of esters is 1. The van der Waals surface area contributed by atoms with E-state index < -0.39 is 5.54 Å². The molecule has 0 saturated heterocycles. The summed E-state index contributed by atoms with van der Waals surface area (Å²) in [5, 5.41) is 0. The van der Waals surface area contributed by atoms with Crippen LogP contribution in [0.2, 0.25) is 0 Å². The number of nitrogens with zero attached hydrogens (tertiary/aromatic N) is 1. The van der Waals surface area contributed by atoms with Gasteiger partial charge in [0.15, 0.2) is 0 Å². The average molecular weight is 268 g/mol. The van der Waals surface area contributed by atoms with E-state index in [1.807, 2.05) is 6.92 Å². The zero-order valence-corrected chi connectivity index (χ0v) is 12.4. The molecule has 19 heavy (non-hydrogen) atoms. The van der Waals surface area contributed by atoms with Gasteiger partial charge in [0.25, 0.3) is 0 Å². The number of carbonyl (C=O) groups excluding carboxylic acids is 1. The summed E-state index contributed by atoms with van der Waals surface area (Å²) in [6, 6.07) is 0.458. The van der Waals surface area contributed by atoms with Gasteiger partial charge in [-0.2, -0.15) is 0 Å². The lowest BCUT2D eigenvalue weighted by atomic mass is 9.84. The lowest BCUT2D eigenvalue weighted by molar-refractivity contribution is -0.149. The molecular weight excluding hydrogens is 240 g/mol. The first-order valence-corrected chi connectivity index (χ1v) is 7.79. The van der Waals surface area contributed by atoms with Crippen molar-refractivity contribution >= 4 is 5.97 Å². The van der Waals surface area contributed by atoms with Crippen LogP contribution in [0.4, 0.5) is 0 Å². The second-order valence-corrected chi connectivity index (χ2v) is 6.16. The Bertz CT molecular complexity index is 317. The average Bonchev–Trinajstić information content (AvgIpc) is 2.72. The highest BCUT2D eigenvalue weighted by Gasteiger charge is 2.45. The maximum atomic E-state index is 11.9. The molecule has 2 aliphatic carbocycles. The summed E-state index contributed by atoms with van der Waals surface area (Å²) in [6.07, 6.45) is 6.67. The zero-order chi connectivity index (χ0) is 13.9. The predicted octanol–water partition coefficient (Wildman–Crippen LogP) is 1.92. The van der Waals surface area contributed by atoms with Gasteiger partial charge in [-0.25, -0.2) is 0 Å². The van der Waals surface area contributed by atoms with E-state index in [0.29, 0.717) is 12.6 Å². The fourth-order valence-corrected chi connectivity index (χ4v) is 3.36. The van der Waals surface area contributed by atoms with Gasteiger partial charge >= 0.3 is 5.97 Å². The fourth-order valence-electron chi connectivity index (χ4n) is 3.36. The van der Waals surface area contributed by atoms with Crippen LogP contribution in [0.25, 0.3) is 0 Å². The van der Waals surface area contributed by atoms with Gasteiger partial charge in [0.1, 0.15) is 5.54 Å². The molecule has 0 aromatic rings. The second-order valence-electron chi connectivity index (χ2n) is 6.16. The molecule has 0 amide bonds. The lowest BCUT2D eigenvalue weighted by Crippen LogP contribution is -2.49. The highest BCUT2D eigenvalue weighted by atomic mass is 16.5. The molecule has 4 nitrogen and oxygen atoms in total. The number of nitrogens with two attached hydrogens (primary N) is 1. The van der Waals surface area contributed by atoms with Crippen LogP contribution in [0.15, 0.2) is 0 Å². The van der Waals surface area contributed by atoms with E-state index in [9.17, 15) is 4.79 Å². The number of ether oxygens (including phenoxy) is 1. The van der Waals surface area contributed by atoms with Crippen molar-refractivity contribution in [2.45, 2.75) is 64.0 Å². The molecule has 2 fully saturated rings. The van der Waals surface area contributed by atoms with Gasteiger partial charge in [-0.15, -0.1) is 0 Å². The third-order valence-corrected chi connectivity index (χ3v) is 4.85. The molecule has 0 radical (unpaired) electrons. The van der Waals surface area contributed by atoms with Crippen molar-refractivity contribution in [2.24, 2.45) is 11.7 Å². The van der Waals surface area contributed by atoms with Gasteiger partial charge in [0.2, 0.25) is 0 Å². The Morgan fingerprint density at radius 1 is 1.37 bits per heavy atom. The molecule has 2 atom stereocenters. The van der Waals surface area contributed by atoms with Gasteiger partial charge in [-0.3, -0.25) is 4.79 Å². The molecule has 0 bridgehead atoms. The summed E-state index contributed by atoms with van der Waals surface area (Å²) in [6.45, 7) is 6.70. The summed E-state index contributed by atoms with van der Waals surface area (Å²) in [4.78, 5) is 14.5. The first-order chi connectivity index (χ1) is 9.09. The van der Waals surface area contributed by atoms with Gasteiger partial charge in [-0.1, -0.05) is 13.3 Å². The third kappa shape index (κ3) is 3.29. The monoisotopic (exact) mass is 268 g/mol. The van der Waals surface area contributed by atoms with Gasteiger partial charge in [0, 0.05) is 12.6 Å². The van der Waals surface area contributed by atoms with Crippen molar-refractivity contribution in [3.05, 3.63) is 0 Å². The van der Waals surface area contributed by atoms with Gasteiger partial charge in [-0.05, 0) is 51.5 Å². The Morgan fingerprint density at radius 2 is 2.11 bits per heavy atom. The fraction of sp³-hybridized carbons (Fsp3) is 0.933. The first-order valence-electron chi connectivity index (χ1n) is 7.79. The summed E-state index contributed by atoms with van der Waals surface area (Å²) in [5.41, 5.74) is 5.51. The smallest absolute Gasteiger partial charge is 0.326 e. The van der Waals surface area contributed by atoms with Crippen LogP contribution in [-0.4, -0.2) is 42.1 Å². The van der Waals surface area contributed by atoms with Crippen LogP contribution in [0.5, 0.6) is 0 Å². The van der Waals surface area contributed by atoms with E-state index in [1.54, 1.807) is 0 Å². The van der Waals surface area contributed by atoms with Crippen LogP contribution >= 0.6 is 0 Å². The number of hydrogen-bond acceptors (Lipinski definition) is 4. The van der Waals surface area contributed by atoms with Crippen molar-refractivity contribution in [3.63, 3.8) is 0 Å². The van der Waals surface area contributed by atoms with Crippen LogP contribution < -0.4 is 5.73 Å². The molecule has 2 unspecified atom stereocenters. The van der Waals surface area contributed by atoms with E-state index in [0.717, 1.165) is 31.7 Å². The Labute approximate surface area is 116 Å². The highest BCUT2D eigenvalue weighted by Crippen LogP contribution is 2.34. The molecule has 0 spiro atoms. The highest BCUT2D eigenvalue weighted by molar-refractivity contribution is 5.81. The van der Waals surface area contributed by atoms with Crippen molar-refractivity contribution in [3.8, 4) is 0 Å².